The molecule has 1 aliphatic carbocycles. The molecule has 16 heavy (non-hydrogen) atoms. The zero-order chi connectivity index (χ0) is 11.9. The van der Waals surface area contributed by atoms with Gasteiger partial charge in [0.2, 0.25) is 0 Å². The molecular formula is C15H21N. The smallest absolute Gasteiger partial charge is 0.0367 e. The predicted octanol–water partition coefficient (Wildman–Crippen LogP) is 3.74. The van der Waals surface area contributed by atoms with E-state index in [-0.39, 0.29) is 5.41 Å². The fraction of sp³-hybridized carbons (Fsp3) is 0.467. The van der Waals surface area contributed by atoms with Crippen LogP contribution in [0.4, 0.5) is 5.69 Å². The Labute approximate surface area is 98.8 Å². The lowest BCUT2D eigenvalue weighted by Crippen LogP contribution is -2.09. The Bertz CT molecular complexity index is 433. The lowest BCUT2D eigenvalue weighted by Gasteiger charge is -2.19. The molecule has 0 bridgehead atoms. The second-order valence-electron chi connectivity index (χ2n) is 5.87. The van der Waals surface area contributed by atoms with Crippen molar-refractivity contribution < 1.29 is 0 Å². The topological polar surface area (TPSA) is 3.24 Å². The van der Waals surface area contributed by atoms with Crippen LogP contribution in [0.15, 0.2) is 23.8 Å². The Morgan fingerprint density at radius 1 is 1.12 bits per heavy atom. The van der Waals surface area contributed by atoms with Gasteiger partial charge in [-0.25, -0.2) is 0 Å². The van der Waals surface area contributed by atoms with Crippen molar-refractivity contribution in [2.24, 2.45) is 5.41 Å². The lowest BCUT2D eigenvalue weighted by atomic mass is 9.85. The van der Waals surface area contributed by atoms with Gasteiger partial charge in [0.1, 0.15) is 0 Å². The van der Waals surface area contributed by atoms with Crippen LogP contribution in [0.2, 0.25) is 0 Å². The molecule has 0 saturated heterocycles. The van der Waals surface area contributed by atoms with Crippen LogP contribution in [0.3, 0.4) is 0 Å². The summed E-state index contributed by atoms with van der Waals surface area (Å²) in [6.07, 6.45) is 3.48. The van der Waals surface area contributed by atoms with Crippen molar-refractivity contribution in [3.8, 4) is 0 Å². The molecule has 0 radical (unpaired) electrons. The minimum absolute atomic E-state index is 0.289. The third-order valence-corrected chi connectivity index (χ3v) is 3.32. The molecule has 0 unspecified atom stereocenters. The first-order chi connectivity index (χ1) is 7.38. The number of nitrogens with zero attached hydrogens (tertiary/aromatic N) is 1. The Balaban J connectivity index is 2.37. The van der Waals surface area contributed by atoms with Gasteiger partial charge in [-0.15, -0.1) is 0 Å². The molecule has 2 rings (SSSR count). The first-order valence-electron chi connectivity index (χ1n) is 5.89. The number of hydrogen-bond acceptors (Lipinski definition) is 1. The largest absolute Gasteiger partial charge is 0.378 e. The van der Waals surface area contributed by atoms with Gasteiger partial charge in [-0.1, -0.05) is 38.5 Å². The molecule has 0 heterocycles. The summed E-state index contributed by atoms with van der Waals surface area (Å²) in [6, 6.07) is 6.76. The van der Waals surface area contributed by atoms with E-state index in [1.807, 2.05) is 0 Å². The molecule has 86 valence electrons. The molecule has 0 atom stereocenters. The fourth-order valence-corrected chi connectivity index (χ4v) is 2.08. The average Bonchev–Trinajstić information content (AvgIpc) is 2.58. The van der Waals surface area contributed by atoms with Crippen LogP contribution < -0.4 is 4.90 Å². The summed E-state index contributed by atoms with van der Waals surface area (Å²) in [6.45, 7) is 6.87. The Morgan fingerprint density at radius 3 is 2.38 bits per heavy atom. The third-order valence-electron chi connectivity index (χ3n) is 3.32. The maximum Gasteiger partial charge on any atom is 0.0367 e. The van der Waals surface area contributed by atoms with Gasteiger partial charge in [-0.2, -0.15) is 0 Å². The molecule has 1 nitrogen and oxygen atoms in total. The van der Waals surface area contributed by atoms with Crippen LogP contribution in [0.5, 0.6) is 0 Å². The quantitative estimate of drug-likeness (QED) is 0.690. The van der Waals surface area contributed by atoms with Gasteiger partial charge >= 0.3 is 0 Å². The van der Waals surface area contributed by atoms with Crippen LogP contribution in [0.1, 0.15) is 31.9 Å². The summed E-state index contributed by atoms with van der Waals surface area (Å²) in [7, 11) is 4.18. The summed E-state index contributed by atoms with van der Waals surface area (Å²) in [4.78, 5) is 2.16. The molecular weight excluding hydrogens is 194 g/mol. The summed E-state index contributed by atoms with van der Waals surface area (Å²) in [5.41, 5.74) is 5.98. The van der Waals surface area contributed by atoms with Crippen LogP contribution in [0, 0.1) is 5.41 Å². The Kier molecular flexibility index (Phi) is 2.57. The van der Waals surface area contributed by atoms with Crippen LogP contribution in [-0.2, 0) is 6.42 Å². The first kappa shape index (κ1) is 11.3. The molecule has 0 amide bonds. The number of fused-ring (bicyclic) bond motifs is 1. The second-order valence-corrected chi connectivity index (χ2v) is 5.87. The molecule has 0 fully saturated rings. The van der Waals surface area contributed by atoms with E-state index in [1.54, 1.807) is 5.57 Å². The normalized spacial score (nSPS) is 14.7. The zero-order valence-corrected chi connectivity index (χ0v) is 11.0. The standard InChI is InChI=1S/C15H21N/c1-15(2,3)13-8-11-6-7-14(16(4)5)10-12(11)9-13/h6-7,9-10H,8H2,1-5H3. The number of benzene rings is 1. The number of allylic oxidation sites excluding steroid dienone is 1. The van der Waals surface area contributed by atoms with E-state index in [4.69, 9.17) is 0 Å². The van der Waals surface area contributed by atoms with E-state index in [0.29, 0.717) is 0 Å². The average molecular weight is 215 g/mol. The maximum atomic E-state index is 2.36. The van der Waals surface area contributed by atoms with Crippen molar-refractivity contribution in [1.29, 1.82) is 0 Å². The van der Waals surface area contributed by atoms with Gasteiger partial charge in [0.15, 0.2) is 0 Å². The minimum Gasteiger partial charge on any atom is -0.378 e. The maximum absolute atomic E-state index is 2.36. The highest BCUT2D eigenvalue weighted by Crippen LogP contribution is 2.37. The second kappa shape index (κ2) is 3.65. The van der Waals surface area contributed by atoms with Gasteiger partial charge in [-0.3, -0.25) is 0 Å². The van der Waals surface area contributed by atoms with E-state index < -0.39 is 0 Å². The molecule has 0 spiro atoms. The molecule has 1 aliphatic rings. The van der Waals surface area contributed by atoms with E-state index in [1.165, 1.54) is 16.8 Å². The molecule has 1 aromatic rings. The third kappa shape index (κ3) is 1.99. The molecule has 0 aliphatic heterocycles. The van der Waals surface area contributed by atoms with Crippen molar-refractivity contribution in [3.05, 3.63) is 34.9 Å². The van der Waals surface area contributed by atoms with E-state index in [2.05, 4.69) is 64.0 Å². The van der Waals surface area contributed by atoms with Crippen LogP contribution in [0.25, 0.3) is 6.08 Å². The highest BCUT2D eigenvalue weighted by molar-refractivity contribution is 5.69. The highest BCUT2D eigenvalue weighted by atomic mass is 15.1. The van der Waals surface area contributed by atoms with Gasteiger partial charge < -0.3 is 4.90 Å². The van der Waals surface area contributed by atoms with E-state index >= 15 is 0 Å². The monoisotopic (exact) mass is 215 g/mol. The van der Waals surface area contributed by atoms with Crippen molar-refractivity contribution in [2.75, 3.05) is 19.0 Å². The first-order valence-corrected chi connectivity index (χ1v) is 5.89. The summed E-state index contributed by atoms with van der Waals surface area (Å²) >= 11 is 0. The summed E-state index contributed by atoms with van der Waals surface area (Å²) in [5.74, 6) is 0. The van der Waals surface area contributed by atoms with Crippen molar-refractivity contribution >= 4 is 11.8 Å². The molecule has 0 saturated carbocycles. The SMILES string of the molecule is CN(C)c1ccc2c(c1)C=C(C(C)(C)C)C2. The summed E-state index contributed by atoms with van der Waals surface area (Å²) in [5, 5.41) is 0. The van der Waals surface area contributed by atoms with Gasteiger partial charge in [-0.05, 0) is 35.1 Å². The number of rotatable bonds is 1. The van der Waals surface area contributed by atoms with Crippen LogP contribution >= 0.6 is 0 Å². The van der Waals surface area contributed by atoms with E-state index in [9.17, 15) is 0 Å². The summed E-state index contributed by atoms with van der Waals surface area (Å²) < 4.78 is 0. The van der Waals surface area contributed by atoms with Crippen molar-refractivity contribution in [3.63, 3.8) is 0 Å². The molecule has 1 heteroatoms. The number of hydrogen-bond donors (Lipinski definition) is 0. The fourth-order valence-electron chi connectivity index (χ4n) is 2.08. The van der Waals surface area contributed by atoms with E-state index in [0.717, 1.165) is 6.42 Å². The highest BCUT2D eigenvalue weighted by Gasteiger charge is 2.22. The Hall–Kier alpha value is -1.24. The van der Waals surface area contributed by atoms with Crippen molar-refractivity contribution in [2.45, 2.75) is 27.2 Å². The van der Waals surface area contributed by atoms with Gasteiger partial charge in [0.05, 0.1) is 0 Å². The minimum atomic E-state index is 0.289. The molecule has 0 N–H and O–H groups in total. The molecule has 1 aromatic carbocycles. The van der Waals surface area contributed by atoms with Gasteiger partial charge in [0.25, 0.3) is 0 Å². The predicted molar refractivity (Wildman–Crippen MR) is 71.9 cm³/mol. The van der Waals surface area contributed by atoms with Gasteiger partial charge in [0, 0.05) is 19.8 Å². The van der Waals surface area contributed by atoms with Crippen molar-refractivity contribution in [1.82, 2.24) is 0 Å². The molecule has 0 aromatic heterocycles. The van der Waals surface area contributed by atoms with Crippen LogP contribution in [-0.4, -0.2) is 14.1 Å². The number of anilines is 1. The zero-order valence-electron chi connectivity index (χ0n) is 11.0. The Morgan fingerprint density at radius 2 is 1.81 bits per heavy atom. The lowest BCUT2D eigenvalue weighted by molar-refractivity contribution is 0.498.